The second-order valence-corrected chi connectivity index (χ2v) is 6.05. The number of rotatable bonds is 7. The molecule has 118 valence electrons. The van der Waals surface area contributed by atoms with Crippen LogP contribution in [0.1, 0.15) is 16.1 Å². The Hall–Kier alpha value is -2.16. The zero-order valence-corrected chi connectivity index (χ0v) is 12.4. The molecule has 0 fully saturated rings. The fourth-order valence-corrected chi connectivity index (χ4v) is 2.65. The monoisotopic (exact) mass is 325 g/mol. The first-order valence-corrected chi connectivity index (χ1v) is 7.91. The van der Waals surface area contributed by atoms with Gasteiger partial charge in [-0.3, -0.25) is 0 Å². The van der Waals surface area contributed by atoms with E-state index in [1.165, 1.54) is 30.5 Å². The number of aliphatic hydroxyl groups is 1. The molecule has 0 unspecified atom stereocenters. The Morgan fingerprint density at radius 1 is 1.23 bits per heavy atom. The van der Waals surface area contributed by atoms with E-state index in [0.717, 1.165) is 0 Å². The van der Waals surface area contributed by atoms with E-state index in [9.17, 15) is 13.2 Å². The minimum absolute atomic E-state index is 0.0257. The molecule has 22 heavy (non-hydrogen) atoms. The van der Waals surface area contributed by atoms with Crippen LogP contribution in [0.3, 0.4) is 0 Å². The summed E-state index contributed by atoms with van der Waals surface area (Å²) in [5, 5.41) is 8.58. The highest BCUT2D eigenvalue weighted by molar-refractivity contribution is 7.89. The van der Waals surface area contributed by atoms with Crippen molar-refractivity contribution in [1.82, 2.24) is 4.72 Å². The summed E-state index contributed by atoms with van der Waals surface area (Å²) < 4.78 is 36.3. The predicted molar refractivity (Wildman–Crippen MR) is 76.5 cm³/mol. The third-order valence-corrected chi connectivity index (χ3v) is 4.16. The smallest absolute Gasteiger partial charge is 0.338 e. The van der Waals surface area contributed by atoms with Crippen molar-refractivity contribution in [2.45, 2.75) is 11.4 Å². The molecule has 2 N–H and O–H groups in total. The SMILES string of the molecule is O=C(OCCO)c1ccc(S(=O)(=O)NCc2ccco2)cc1. The highest BCUT2D eigenvalue weighted by Crippen LogP contribution is 2.12. The number of ether oxygens (including phenoxy) is 1. The first-order valence-electron chi connectivity index (χ1n) is 6.43. The van der Waals surface area contributed by atoms with Crippen LogP contribution in [0.4, 0.5) is 0 Å². The third-order valence-electron chi connectivity index (χ3n) is 2.74. The second kappa shape index (κ2) is 7.21. The van der Waals surface area contributed by atoms with E-state index in [0.29, 0.717) is 5.76 Å². The molecule has 8 heteroatoms. The summed E-state index contributed by atoms with van der Waals surface area (Å²) in [5.74, 6) is -0.130. The molecule has 0 spiro atoms. The third kappa shape index (κ3) is 4.17. The second-order valence-electron chi connectivity index (χ2n) is 4.29. The molecule has 0 amide bonds. The summed E-state index contributed by atoms with van der Waals surface area (Å²) in [6.07, 6.45) is 1.45. The Morgan fingerprint density at radius 3 is 2.55 bits per heavy atom. The van der Waals surface area contributed by atoms with Crippen molar-refractivity contribution in [3.05, 3.63) is 54.0 Å². The fraction of sp³-hybridized carbons (Fsp3) is 0.214. The van der Waals surface area contributed by atoms with E-state index in [1.807, 2.05) is 0 Å². The molecule has 0 bridgehead atoms. The summed E-state index contributed by atoms with van der Waals surface area (Å²) in [6, 6.07) is 8.63. The maximum absolute atomic E-state index is 12.1. The predicted octanol–water partition coefficient (Wildman–Crippen LogP) is 0.907. The average molecular weight is 325 g/mol. The minimum atomic E-state index is -3.70. The Labute approximate surface area is 127 Å². The van der Waals surface area contributed by atoms with Gasteiger partial charge in [-0.2, -0.15) is 0 Å². The maximum atomic E-state index is 12.1. The van der Waals surface area contributed by atoms with Gasteiger partial charge in [0, 0.05) is 0 Å². The Kier molecular flexibility index (Phi) is 5.31. The van der Waals surface area contributed by atoms with Gasteiger partial charge < -0.3 is 14.3 Å². The Morgan fingerprint density at radius 2 is 1.95 bits per heavy atom. The van der Waals surface area contributed by atoms with Gasteiger partial charge in [-0.15, -0.1) is 0 Å². The van der Waals surface area contributed by atoms with Crippen molar-refractivity contribution >= 4 is 16.0 Å². The summed E-state index contributed by atoms with van der Waals surface area (Å²) in [7, 11) is -3.70. The van der Waals surface area contributed by atoms with Gasteiger partial charge in [-0.25, -0.2) is 17.9 Å². The molecule has 2 aromatic rings. The summed E-state index contributed by atoms with van der Waals surface area (Å²) in [4.78, 5) is 11.6. The Balaban J connectivity index is 2.03. The molecule has 1 aromatic heterocycles. The lowest BCUT2D eigenvalue weighted by Crippen LogP contribution is -2.23. The highest BCUT2D eigenvalue weighted by atomic mass is 32.2. The highest BCUT2D eigenvalue weighted by Gasteiger charge is 2.15. The number of hydrogen-bond donors (Lipinski definition) is 2. The Bertz CT molecular complexity index is 706. The lowest BCUT2D eigenvalue weighted by Gasteiger charge is -2.07. The van der Waals surface area contributed by atoms with Crippen molar-refractivity contribution in [3.8, 4) is 0 Å². The molecule has 1 aromatic carbocycles. The molecule has 0 saturated carbocycles. The number of hydrogen-bond acceptors (Lipinski definition) is 6. The molecule has 0 atom stereocenters. The van der Waals surface area contributed by atoms with Crippen molar-refractivity contribution in [1.29, 1.82) is 0 Å². The molecule has 0 radical (unpaired) electrons. The van der Waals surface area contributed by atoms with Crippen molar-refractivity contribution < 1.29 is 27.5 Å². The normalized spacial score (nSPS) is 11.3. The zero-order chi connectivity index (χ0) is 16.0. The van der Waals surface area contributed by atoms with E-state index in [1.54, 1.807) is 12.1 Å². The van der Waals surface area contributed by atoms with Gasteiger partial charge in [-0.1, -0.05) is 0 Å². The average Bonchev–Trinajstić information content (AvgIpc) is 3.04. The number of benzene rings is 1. The quantitative estimate of drug-likeness (QED) is 0.733. The van der Waals surface area contributed by atoms with Crippen LogP contribution in [0.5, 0.6) is 0 Å². The van der Waals surface area contributed by atoms with E-state index >= 15 is 0 Å². The summed E-state index contributed by atoms with van der Waals surface area (Å²) in [6.45, 7) is -0.339. The first kappa shape index (κ1) is 16.2. The van der Waals surface area contributed by atoms with Gasteiger partial charge in [0.2, 0.25) is 10.0 Å². The number of aliphatic hydroxyl groups excluding tert-OH is 1. The van der Waals surface area contributed by atoms with Crippen LogP contribution < -0.4 is 4.72 Å². The molecule has 0 saturated heterocycles. The van der Waals surface area contributed by atoms with E-state index < -0.39 is 16.0 Å². The van der Waals surface area contributed by atoms with E-state index in [-0.39, 0.29) is 30.2 Å². The molecule has 0 aliphatic rings. The standard InChI is InChI=1S/C14H15NO6S/c16-7-9-21-14(17)11-3-5-13(6-4-11)22(18,19)15-10-12-2-1-8-20-12/h1-6,8,15-16H,7,9-10H2. The number of furan rings is 1. The lowest BCUT2D eigenvalue weighted by molar-refractivity contribution is 0.0433. The molecule has 7 nitrogen and oxygen atoms in total. The van der Waals surface area contributed by atoms with Crippen LogP contribution in [-0.4, -0.2) is 32.7 Å². The first-order chi connectivity index (χ1) is 10.5. The summed E-state index contributed by atoms with van der Waals surface area (Å²) in [5.41, 5.74) is 0.207. The molecule has 0 aliphatic heterocycles. The number of sulfonamides is 1. The van der Waals surface area contributed by atoms with Gasteiger partial charge in [-0.05, 0) is 36.4 Å². The number of carbonyl (C=O) groups excluding carboxylic acids is 1. The van der Waals surface area contributed by atoms with Gasteiger partial charge in [0.05, 0.1) is 29.9 Å². The van der Waals surface area contributed by atoms with Crippen LogP contribution in [0, 0.1) is 0 Å². The molecule has 0 aliphatic carbocycles. The zero-order valence-electron chi connectivity index (χ0n) is 11.6. The van der Waals surface area contributed by atoms with Gasteiger partial charge in [0.25, 0.3) is 0 Å². The van der Waals surface area contributed by atoms with Crippen LogP contribution in [-0.2, 0) is 21.3 Å². The van der Waals surface area contributed by atoms with Crippen molar-refractivity contribution in [2.24, 2.45) is 0 Å². The number of carbonyl (C=O) groups is 1. The van der Waals surface area contributed by atoms with Gasteiger partial charge >= 0.3 is 5.97 Å². The largest absolute Gasteiger partial charge is 0.468 e. The number of esters is 1. The van der Waals surface area contributed by atoms with Gasteiger partial charge in [0.1, 0.15) is 12.4 Å². The molecule has 2 rings (SSSR count). The van der Waals surface area contributed by atoms with Crippen LogP contribution in [0.2, 0.25) is 0 Å². The van der Waals surface area contributed by atoms with Crippen molar-refractivity contribution in [2.75, 3.05) is 13.2 Å². The van der Waals surface area contributed by atoms with Crippen LogP contribution in [0.25, 0.3) is 0 Å². The molecule has 1 heterocycles. The van der Waals surface area contributed by atoms with Crippen molar-refractivity contribution in [3.63, 3.8) is 0 Å². The molecular weight excluding hydrogens is 310 g/mol. The fourth-order valence-electron chi connectivity index (χ4n) is 1.65. The number of nitrogens with one attached hydrogen (secondary N) is 1. The summed E-state index contributed by atoms with van der Waals surface area (Å²) >= 11 is 0. The lowest BCUT2D eigenvalue weighted by atomic mass is 10.2. The minimum Gasteiger partial charge on any atom is -0.468 e. The topological polar surface area (TPSA) is 106 Å². The van der Waals surface area contributed by atoms with E-state index in [4.69, 9.17) is 14.3 Å². The van der Waals surface area contributed by atoms with E-state index in [2.05, 4.69) is 4.72 Å². The molecular formula is C14H15NO6S. The van der Waals surface area contributed by atoms with Crippen LogP contribution in [0.15, 0.2) is 52.0 Å². The van der Waals surface area contributed by atoms with Crippen LogP contribution >= 0.6 is 0 Å². The van der Waals surface area contributed by atoms with Gasteiger partial charge in [0.15, 0.2) is 0 Å². The maximum Gasteiger partial charge on any atom is 0.338 e.